The number of halogens is 2. The van der Waals surface area contributed by atoms with Gasteiger partial charge in [-0.25, -0.2) is 0 Å². The van der Waals surface area contributed by atoms with Gasteiger partial charge in [-0.1, -0.05) is 42.1 Å². The summed E-state index contributed by atoms with van der Waals surface area (Å²) in [6.45, 7) is 3.13. The molecule has 0 fully saturated rings. The molecule has 0 amide bonds. The monoisotopic (exact) mass is 439 g/mol. The van der Waals surface area contributed by atoms with Crippen LogP contribution < -0.4 is 11.1 Å². The molecular formula is C22H31Cl2N3O2. The van der Waals surface area contributed by atoms with Crippen LogP contribution in [0.15, 0.2) is 36.5 Å². The summed E-state index contributed by atoms with van der Waals surface area (Å²) in [5.74, 6) is -0.0573. The largest absolute Gasteiger partial charge is 0.396 e. The lowest BCUT2D eigenvalue weighted by Gasteiger charge is -2.17. The lowest BCUT2D eigenvalue weighted by atomic mass is 9.99. The molecule has 1 aromatic heterocycles. The minimum atomic E-state index is -0.0573. The zero-order valence-electron chi connectivity index (χ0n) is 16.7. The summed E-state index contributed by atoms with van der Waals surface area (Å²) < 4.78 is 5.67. The van der Waals surface area contributed by atoms with Crippen molar-refractivity contribution < 1.29 is 9.84 Å². The Morgan fingerprint density at radius 2 is 1.83 bits per heavy atom. The molecule has 2 rings (SSSR count). The highest BCUT2D eigenvalue weighted by molar-refractivity contribution is 6.38. The average molecular weight is 440 g/mol. The van der Waals surface area contributed by atoms with Crippen molar-refractivity contribution in [3.8, 4) is 0 Å². The molecule has 29 heavy (non-hydrogen) atoms. The molecule has 1 unspecified atom stereocenters. The van der Waals surface area contributed by atoms with Gasteiger partial charge in [-0.3, -0.25) is 4.98 Å². The Kier molecular flexibility index (Phi) is 11.4. The van der Waals surface area contributed by atoms with E-state index in [4.69, 9.17) is 33.7 Å². The molecule has 1 heterocycles. The highest BCUT2D eigenvalue weighted by Gasteiger charge is 2.14. The van der Waals surface area contributed by atoms with Crippen molar-refractivity contribution in [3.05, 3.63) is 57.8 Å². The van der Waals surface area contributed by atoms with Crippen LogP contribution in [0.3, 0.4) is 0 Å². The molecule has 0 bridgehead atoms. The number of unbranched alkanes of at least 4 members (excludes halogenated alkanes) is 3. The van der Waals surface area contributed by atoms with Crippen molar-refractivity contribution >= 4 is 28.9 Å². The van der Waals surface area contributed by atoms with E-state index in [2.05, 4.69) is 10.3 Å². The number of nitrogens with zero attached hydrogens (tertiary/aromatic N) is 1. The molecule has 2 aromatic rings. The van der Waals surface area contributed by atoms with Gasteiger partial charge in [0.05, 0.1) is 28.9 Å². The van der Waals surface area contributed by atoms with E-state index in [0.29, 0.717) is 22.3 Å². The third-order valence-corrected chi connectivity index (χ3v) is 5.43. The number of aliphatic hydroxyl groups is 1. The van der Waals surface area contributed by atoms with Crippen molar-refractivity contribution in [2.45, 2.75) is 38.0 Å². The fourth-order valence-electron chi connectivity index (χ4n) is 3.04. The standard InChI is InChI=1S/C22H31Cl2N3O2/c23-20-13-17(14-21(24)22(20)25)18(16-28)15-26-9-4-1-2-6-11-29-12-8-19-7-3-5-10-27-19/h3,5,7,10,13-14,18,26,28H,1-2,4,6,8-9,11-12,15-16,25H2. The van der Waals surface area contributed by atoms with Gasteiger partial charge in [0.25, 0.3) is 0 Å². The minimum Gasteiger partial charge on any atom is -0.396 e. The van der Waals surface area contributed by atoms with E-state index < -0.39 is 0 Å². The third kappa shape index (κ3) is 8.89. The van der Waals surface area contributed by atoms with E-state index in [0.717, 1.165) is 63.1 Å². The van der Waals surface area contributed by atoms with E-state index in [9.17, 15) is 5.11 Å². The molecule has 0 radical (unpaired) electrons. The molecule has 0 spiro atoms. The highest BCUT2D eigenvalue weighted by atomic mass is 35.5. The molecule has 5 nitrogen and oxygen atoms in total. The molecule has 0 aliphatic heterocycles. The van der Waals surface area contributed by atoms with Gasteiger partial charge in [-0.05, 0) is 49.2 Å². The maximum absolute atomic E-state index is 9.67. The lowest BCUT2D eigenvalue weighted by molar-refractivity contribution is 0.132. The quantitative estimate of drug-likeness (QED) is 0.299. The number of hydrogen-bond acceptors (Lipinski definition) is 5. The van der Waals surface area contributed by atoms with Crippen LogP contribution in [-0.2, 0) is 11.2 Å². The first-order valence-corrected chi connectivity index (χ1v) is 10.9. The van der Waals surface area contributed by atoms with E-state index in [1.54, 1.807) is 12.1 Å². The average Bonchev–Trinajstić information content (AvgIpc) is 2.73. The SMILES string of the molecule is Nc1c(Cl)cc(C(CO)CNCCCCCCOCCc2ccccn2)cc1Cl. The molecule has 1 aromatic carbocycles. The summed E-state index contributed by atoms with van der Waals surface area (Å²) in [7, 11) is 0. The maximum atomic E-state index is 9.67. The van der Waals surface area contributed by atoms with Crippen molar-refractivity contribution in [2.75, 3.05) is 38.6 Å². The molecular weight excluding hydrogens is 409 g/mol. The van der Waals surface area contributed by atoms with Crippen LogP contribution in [0.1, 0.15) is 42.9 Å². The Morgan fingerprint density at radius 1 is 1.07 bits per heavy atom. The van der Waals surface area contributed by atoms with E-state index in [1.807, 2.05) is 24.4 Å². The highest BCUT2D eigenvalue weighted by Crippen LogP contribution is 2.31. The van der Waals surface area contributed by atoms with E-state index >= 15 is 0 Å². The fraction of sp³-hybridized carbons (Fsp3) is 0.500. The third-order valence-electron chi connectivity index (χ3n) is 4.80. The summed E-state index contributed by atoms with van der Waals surface area (Å²) in [4.78, 5) is 4.28. The summed E-state index contributed by atoms with van der Waals surface area (Å²) in [5.41, 5.74) is 8.12. The van der Waals surface area contributed by atoms with Gasteiger partial charge in [0.2, 0.25) is 0 Å². The summed E-state index contributed by atoms with van der Waals surface area (Å²) >= 11 is 12.2. The Labute approximate surface area is 183 Å². The molecule has 0 saturated carbocycles. The molecule has 160 valence electrons. The number of nitrogens with two attached hydrogens (primary N) is 1. The Morgan fingerprint density at radius 3 is 2.52 bits per heavy atom. The predicted molar refractivity (Wildman–Crippen MR) is 121 cm³/mol. The van der Waals surface area contributed by atoms with Crippen LogP contribution >= 0.6 is 23.2 Å². The molecule has 0 saturated heterocycles. The van der Waals surface area contributed by atoms with Gasteiger partial charge < -0.3 is 20.9 Å². The Hall–Kier alpha value is -1.37. The first kappa shape index (κ1) is 23.9. The Balaban J connectivity index is 1.50. The number of benzene rings is 1. The maximum Gasteiger partial charge on any atom is 0.0693 e. The van der Waals surface area contributed by atoms with Crippen LogP contribution in [0.5, 0.6) is 0 Å². The number of aliphatic hydroxyl groups excluding tert-OH is 1. The Bertz CT molecular complexity index is 693. The zero-order valence-corrected chi connectivity index (χ0v) is 18.3. The molecule has 4 N–H and O–H groups in total. The second-order valence-corrected chi connectivity index (χ2v) is 7.89. The number of anilines is 1. The topological polar surface area (TPSA) is 80.4 Å². The number of ether oxygens (including phenoxy) is 1. The first-order valence-electron chi connectivity index (χ1n) is 10.2. The van der Waals surface area contributed by atoms with Crippen LogP contribution in [-0.4, -0.2) is 43.0 Å². The number of aromatic nitrogens is 1. The van der Waals surface area contributed by atoms with Crippen molar-refractivity contribution in [1.82, 2.24) is 10.3 Å². The molecule has 0 aliphatic rings. The summed E-state index contributed by atoms with van der Waals surface area (Å²) in [5, 5.41) is 13.9. The lowest BCUT2D eigenvalue weighted by Crippen LogP contribution is -2.24. The predicted octanol–water partition coefficient (Wildman–Crippen LogP) is 4.46. The van der Waals surface area contributed by atoms with Crippen LogP contribution in [0.25, 0.3) is 0 Å². The van der Waals surface area contributed by atoms with Gasteiger partial charge in [0.1, 0.15) is 0 Å². The number of rotatable bonds is 14. The van der Waals surface area contributed by atoms with Crippen LogP contribution in [0.2, 0.25) is 10.0 Å². The van der Waals surface area contributed by atoms with E-state index in [1.165, 1.54) is 0 Å². The molecule has 0 aliphatic carbocycles. The van der Waals surface area contributed by atoms with Gasteiger partial charge >= 0.3 is 0 Å². The molecule has 7 heteroatoms. The zero-order chi connectivity index (χ0) is 20.9. The van der Waals surface area contributed by atoms with Gasteiger partial charge in [-0.15, -0.1) is 0 Å². The van der Waals surface area contributed by atoms with Gasteiger partial charge in [-0.2, -0.15) is 0 Å². The smallest absolute Gasteiger partial charge is 0.0693 e. The van der Waals surface area contributed by atoms with Crippen LogP contribution in [0.4, 0.5) is 5.69 Å². The normalized spacial score (nSPS) is 12.2. The van der Waals surface area contributed by atoms with Crippen molar-refractivity contribution in [3.63, 3.8) is 0 Å². The number of hydrogen-bond donors (Lipinski definition) is 3. The molecule has 1 atom stereocenters. The summed E-state index contributed by atoms with van der Waals surface area (Å²) in [6, 6.07) is 9.50. The van der Waals surface area contributed by atoms with Gasteiger partial charge in [0, 0.05) is 37.4 Å². The van der Waals surface area contributed by atoms with E-state index in [-0.39, 0.29) is 12.5 Å². The number of nitrogen functional groups attached to an aromatic ring is 1. The number of pyridine rings is 1. The number of nitrogens with one attached hydrogen (secondary N) is 1. The minimum absolute atomic E-state index is 0.0272. The fourth-order valence-corrected chi connectivity index (χ4v) is 3.54. The van der Waals surface area contributed by atoms with Crippen LogP contribution in [0, 0.1) is 0 Å². The van der Waals surface area contributed by atoms with Gasteiger partial charge in [0.15, 0.2) is 0 Å². The first-order chi connectivity index (χ1) is 14.1. The van der Waals surface area contributed by atoms with Crippen molar-refractivity contribution in [2.24, 2.45) is 0 Å². The summed E-state index contributed by atoms with van der Waals surface area (Å²) in [6.07, 6.45) is 7.14. The van der Waals surface area contributed by atoms with Crippen molar-refractivity contribution in [1.29, 1.82) is 0 Å². The second kappa shape index (κ2) is 13.8. The second-order valence-electron chi connectivity index (χ2n) is 7.08.